The van der Waals surface area contributed by atoms with Crippen molar-refractivity contribution in [3.63, 3.8) is 0 Å². The lowest BCUT2D eigenvalue weighted by atomic mass is 9.99. The topological polar surface area (TPSA) is 39.4 Å². The molecule has 35 heavy (non-hydrogen) atoms. The Hall–Kier alpha value is -3.52. The van der Waals surface area contributed by atoms with Gasteiger partial charge in [0.2, 0.25) is 0 Å². The third kappa shape index (κ3) is 5.95. The van der Waals surface area contributed by atoms with E-state index in [1.54, 1.807) is 18.3 Å². The number of hydrogen-bond acceptors (Lipinski definition) is 4. The molecule has 0 saturated carbocycles. The van der Waals surface area contributed by atoms with Crippen molar-refractivity contribution in [2.24, 2.45) is 12.0 Å². The van der Waals surface area contributed by atoms with Crippen molar-refractivity contribution >= 4 is 34.3 Å². The highest BCUT2D eigenvalue weighted by Gasteiger charge is 2.31. The Bertz CT molecular complexity index is 1390. The molecule has 4 aromatic rings. The molecule has 0 fully saturated rings. The van der Waals surface area contributed by atoms with Crippen LogP contribution in [0.3, 0.4) is 0 Å². The molecule has 0 aliphatic heterocycles. The molecular weight excluding hydrogens is 471 g/mol. The average Bonchev–Trinajstić information content (AvgIpc) is 3.12. The molecule has 0 radical (unpaired) electrons. The van der Waals surface area contributed by atoms with Gasteiger partial charge in [-0.15, -0.1) is 13.2 Å². The van der Waals surface area contributed by atoms with Crippen LogP contribution in [0.5, 0.6) is 5.75 Å². The van der Waals surface area contributed by atoms with Gasteiger partial charge in [0.1, 0.15) is 11.6 Å². The summed E-state index contributed by atoms with van der Waals surface area (Å²) in [4.78, 5) is 10.1. The molecule has 8 heteroatoms. The van der Waals surface area contributed by atoms with Crippen LogP contribution in [0.15, 0.2) is 65.7 Å². The number of aryl methyl sites for hydroxylation is 3. The third-order valence-corrected chi connectivity index (χ3v) is 6.05. The molecule has 4 nitrogen and oxygen atoms in total. The molecule has 0 atom stereocenters. The summed E-state index contributed by atoms with van der Waals surface area (Å²) in [5.41, 5.74) is 6.97. The van der Waals surface area contributed by atoms with E-state index in [1.807, 2.05) is 35.9 Å². The molecule has 0 N–H and O–H groups in total. The van der Waals surface area contributed by atoms with E-state index in [2.05, 4.69) is 40.7 Å². The molecule has 4 rings (SSSR count). The van der Waals surface area contributed by atoms with E-state index in [4.69, 9.17) is 12.2 Å². The molecule has 180 valence electrons. The van der Waals surface area contributed by atoms with Crippen LogP contribution >= 0.6 is 12.2 Å². The Morgan fingerprint density at radius 1 is 1.06 bits per heavy atom. The number of rotatable bonds is 7. The first kappa shape index (κ1) is 24.6. The summed E-state index contributed by atoms with van der Waals surface area (Å²) < 4.78 is 43.1. The van der Waals surface area contributed by atoms with Crippen LogP contribution in [0.4, 0.5) is 13.2 Å². The zero-order valence-electron chi connectivity index (χ0n) is 19.6. The number of thiocarbonyl (C=S) groups is 1. The summed E-state index contributed by atoms with van der Waals surface area (Å²) in [5.74, 6) is 0.372. The number of alkyl halides is 3. The number of fused-ring (bicyclic) bond motifs is 1. The van der Waals surface area contributed by atoms with Crippen LogP contribution in [0.25, 0.3) is 22.4 Å². The highest BCUT2D eigenvalue weighted by atomic mass is 32.1. The maximum Gasteiger partial charge on any atom is 0.573 e. The summed E-state index contributed by atoms with van der Waals surface area (Å²) >= 11 is 5.56. The molecule has 0 spiro atoms. The fraction of sp³-hybridized carbons (Fsp3) is 0.222. The number of aliphatic imine (C=N–C) groups is 1. The molecule has 1 aromatic heterocycles. The highest BCUT2D eigenvalue weighted by Crippen LogP contribution is 2.28. The Labute approximate surface area is 207 Å². The van der Waals surface area contributed by atoms with Gasteiger partial charge in [-0.3, -0.25) is 4.99 Å². The van der Waals surface area contributed by atoms with E-state index in [1.165, 1.54) is 28.8 Å². The number of nitrogens with zero attached hydrogens (tertiary/aromatic N) is 3. The van der Waals surface area contributed by atoms with E-state index in [9.17, 15) is 13.2 Å². The quantitative estimate of drug-likeness (QED) is 0.209. The molecule has 0 unspecified atom stereocenters. The molecule has 1 heterocycles. The van der Waals surface area contributed by atoms with E-state index in [-0.39, 0.29) is 5.75 Å². The lowest BCUT2D eigenvalue weighted by Gasteiger charge is -2.09. The van der Waals surface area contributed by atoms with Gasteiger partial charge in [-0.25, -0.2) is 4.98 Å². The van der Waals surface area contributed by atoms with Gasteiger partial charge in [-0.1, -0.05) is 36.5 Å². The molecule has 0 aliphatic carbocycles. The highest BCUT2D eigenvalue weighted by molar-refractivity contribution is 7.80. The monoisotopic (exact) mass is 495 g/mol. The second kappa shape index (κ2) is 10.00. The number of imidazole rings is 1. The summed E-state index contributed by atoms with van der Waals surface area (Å²) in [7, 11) is 1.87. The minimum absolute atomic E-state index is 0.269. The van der Waals surface area contributed by atoms with E-state index >= 15 is 0 Å². The van der Waals surface area contributed by atoms with Crippen LogP contribution in [0.1, 0.15) is 22.3 Å². The first-order valence-corrected chi connectivity index (χ1v) is 11.4. The molecule has 0 amide bonds. The maximum atomic E-state index is 12.4. The van der Waals surface area contributed by atoms with Gasteiger partial charge in [-0.2, -0.15) is 0 Å². The van der Waals surface area contributed by atoms with Gasteiger partial charge < -0.3 is 9.30 Å². The van der Waals surface area contributed by atoms with Crippen molar-refractivity contribution in [1.29, 1.82) is 0 Å². The number of ether oxygens (including phenoxy) is 1. The van der Waals surface area contributed by atoms with Gasteiger partial charge in [0.15, 0.2) is 0 Å². The minimum atomic E-state index is -4.72. The van der Waals surface area contributed by atoms with Crippen molar-refractivity contribution in [3.8, 4) is 17.1 Å². The fourth-order valence-electron chi connectivity index (χ4n) is 3.99. The van der Waals surface area contributed by atoms with Crippen molar-refractivity contribution in [1.82, 2.24) is 9.55 Å². The second-order valence-electron chi connectivity index (χ2n) is 8.37. The Morgan fingerprint density at radius 3 is 2.40 bits per heavy atom. The SMILES string of the molecule is Cc1cccc(C)c1CC(=S)CN=Cc1ccc2c(c1)nc(-c1ccc(OC(F)(F)F)cc1)n2C. The standard InChI is InChI=1S/C27H24F3N3OS/c1-17-5-4-6-18(2)23(17)14-22(35)16-31-15-19-7-12-25-24(13-19)32-26(33(25)3)20-8-10-21(11-9-20)34-27(28,29)30/h4-13,15H,14,16H2,1-3H3. The minimum Gasteiger partial charge on any atom is -0.406 e. The molecule has 0 bridgehead atoms. The largest absolute Gasteiger partial charge is 0.573 e. The molecule has 0 aliphatic rings. The second-order valence-corrected chi connectivity index (χ2v) is 8.95. The van der Waals surface area contributed by atoms with Crippen LogP contribution < -0.4 is 4.74 Å². The smallest absolute Gasteiger partial charge is 0.406 e. The summed E-state index contributed by atoms with van der Waals surface area (Å²) in [5, 5.41) is 0. The van der Waals surface area contributed by atoms with Crippen molar-refractivity contribution in [2.75, 3.05) is 6.54 Å². The summed E-state index contributed by atoms with van der Waals surface area (Å²) in [6, 6.07) is 17.7. The van der Waals surface area contributed by atoms with Gasteiger partial charge in [0.25, 0.3) is 0 Å². The van der Waals surface area contributed by atoms with Gasteiger partial charge >= 0.3 is 6.36 Å². The maximum absolute atomic E-state index is 12.4. The predicted molar refractivity (Wildman–Crippen MR) is 138 cm³/mol. The molecular formula is C27H24F3N3OS. The Morgan fingerprint density at radius 2 is 1.74 bits per heavy atom. The fourth-order valence-corrected chi connectivity index (χ4v) is 4.21. The average molecular weight is 496 g/mol. The summed E-state index contributed by atoms with van der Waals surface area (Å²) in [6.45, 7) is 4.64. The number of halogens is 3. The zero-order valence-corrected chi connectivity index (χ0v) is 20.4. The van der Waals surface area contributed by atoms with Crippen LogP contribution in [0.2, 0.25) is 0 Å². The van der Waals surface area contributed by atoms with Gasteiger partial charge in [0, 0.05) is 30.1 Å². The van der Waals surface area contributed by atoms with E-state index in [0.717, 1.165) is 27.9 Å². The lowest BCUT2D eigenvalue weighted by Crippen LogP contribution is -2.16. The first-order chi connectivity index (χ1) is 16.6. The van der Waals surface area contributed by atoms with Crippen LogP contribution in [0, 0.1) is 13.8 Å². The van der Waals surface area contributed by atoms with Crippen molar-refractivity contribution in [3.05, 3.63) is 82.9 Å². The van der Waals surface area contributed by atoms with Gasteiger partial charge in [-0.05, 0) is 72.5 Å². The first-order valence-electron chi connectivity index (χ1n) is 11.0. The number of hydrogen-bond donors (Lipinski definition) is 0. The van der Waals surface area contributed by atoms with Crippen molar-refractivity contribution in [2.45, 2.75) is 26.6 Å². The normalized spacial score (nSPS) is 11.9. The van der Waals surface area contributed by atoms with Crippen LogP contribution in [-0.2, 0) is 13.5 Å². The molecule has 3 aromatic carbocycles. The zero-order chi connectivity index (χ0) is 25.2. The number of benzene rings is 3. The third-order valence-electron chi connectivity index (χ3n) is 5.78. The number of aromatic nitrogens is 2. The van der Waals surface area contributed by atoms with Gasteiger partial charge in [0.05, 0.1) is 17.6 Å². The van der Waals surface area contributed by atoms with E-state index in [0.29, 0.717) is 17.9 Å². The Kier molecular flexibility index (Phi) is 7.03. The lowest BCUT2D eigenvalue weighted by molar-refractivity contribution is -0.274. The Balaban J connectivity index is 1.47. The predicted octanol–water partition coefficient (Wildman–Crippen LogP) is 6.79. The summed E-state index contributed by atoms with van der Waals surface area (Å²) in [6.07, 6.45) is -2.21. The van der Waals surface area contributed by atoms with E-state index < -0.39 is 6.36 Å². The van der Waals surface area contributed by atoms with Crippen LogP contribution in [-0.4, -0.2) is 33.5 Å². The molecule has 0 saturated heterocycles. The van der Waals surface area contributed by atoms with Crippen molar-refractivity contribution < 1.29 is 17.9 Å².